The molecule has 1 aromatic carbocycles. The third kappa shape index (κ3) is 4.86. The van der Waals surface area contributed by atoms with Crippen molar-refractivity contribution in [1.82, 2.24) is 14.5 Å². The average Bonchev–Trinajstić information content (AvgIpc) is 3.35. The molecule has 2 aliphatic heterocycles. The van der Waals surface area contributed by atoms with Gasteiger partial charge in [0.05, 0.1) is 37.6 Å². The van der Waals surface area contributed by atoms with Crippen LogP contribution >= 0.6 is 0 Å². The van der Waals surface area contributed by atoms with Gasteiger partial charge in [-0.15, -0.1) is 0 Å². The molecule has 3 atom stereocenters. The molecule has 9 heteroatoms. The number of amides is 2. The molecule has 174 valence electrons. The van der Waals surface area contributed by atoms with Crippen LogP contribution in [0, 0.1) is 17.3 Å². The van der Waals surface area contributed by atoms with Gasteiger partial charge in [0.25, 0.3) is 0 Å². The molecular weight excluding hydrogens is 433 g/mol. The molecule has 0 spiro atoms. The van der Waals surface area contributed by atoms with Crippen molar-refractivity contribution in [3.63, 3.8) is 0 Å². The molecule has 1 N–H and O–H groups in total. The second-order valence-electron chi connectivity index (χ2n) is 9.29. The number of rotatable bonds is 5. The fourth-order valence-corrected chi connectivity index (χ4v) is 5.06. The lowest BCUT2D eigenvalue weighted by Gasteiger charge is -2.37. The Morgan fingerprint density at radius 2 is 2.06 bits per heavy atom. The average molecular weight is 464 g/mol. The van der Waals surface area contributed by atoms with E-state index in [0.29, 0.717) is 18.8 Å². The van der Waals surface area contributed by atoms with Gasteiger partial charge >= 0.3 is 6.03 Å². The van der Waals surface area contributed by atoms with Crippen LogP contribution in [-0.2, 0) is 16.4 Å². The first-order valence-corrected chi connectivity index (χ1v) is 12.9. The number of halogens is 1. The number of carbonyl (C=O) groups excluding carboxylic acids is 1. The Hall–Kier alpha value is -2.31. The normalized spacial score (nSPS) is 26.2. The summed E-state index contributed by atoms with van der Waals surface area (Å²) in [5, 5.41) is 0. The van der Waals surface area contributed by atoms with Gasteiger partial charge in [-0.05, 0) is 44.2 Å². The lowest BCUT2D eigenvalue weighted by atomic mass is 9.97. The number of methoxy groups -OCH3 is 1. The lowest BCUT2D eigenvalue weighted by molar-refractivity contribution is 0.119. The molecule has 2 amide bonds. The molecule has 4 rings (SSSR count). The summed E-state index contributed by atoms with van der Waals surface area (Å²) in [6.45, 7) is 3.25. The van der Waals surface area contributed by atoms with Gasteiger partial charge in [-0.25, -0.2) is 22.3 Å². The second-order valence-corrected chi connectivity index (χ2v) is 11.1. The van der Waals surface area contributed by atoms with Gasteiger partial charge in [0.2, 0.25) is 10.0 Å². The summed E-state index contributed by atoms with van der Waals surface area (Å²) in [6, 6.07) is 3.64. The zero-order valence-electron chi connectivity index (χ0n) is 18.7. The molecule has 3 unspecified atom stereocenters. The van der Waals surface area contributed by atoms with Crippen LogP contribution in [0.25, 0.3) is 0 Å². The summed E-state index contributed by atoms with van der Waals surface area (Å²) in [4.78, 5) is 16.1. The van der Waals surface area contributed by atoms with Crippen molar-refractivity contribution in [2.45, 2.75) is 50.9 Å². The quantitative estimate of drug-likeness (QED) is 0.679. The molecule has 0 bridgehead atoms. The van der Waals surface area contributed by atoms with Crippen molar-refractivity contribution >= 4 is 16.1 Å². The minimum atomic E-state index is -3.66. The highest BCUT2D eigenvalue weighted by Crippen LogP contribution is 2.44. The molecule has 3 fully saturated rings. The number of hydrogen-bond donors (Lipinski definition) is 1. The van der Waals surface area contributed by atoms with Crippen LogP contribution in [0.15, 0.2) is 18.2 Å². The molecule has 1 aromatic rings. The van der Waals surface area contributed by atoms with E-state index < -0.39 is 28.3 Å². The highest BCUT2D eigenvalue weighted by atomic mass is 32.2. The molecular formula is C23H30FN3O4S. The van der Waals surface area contributed by atoms with E-state index in [4.69, 9.17) is 4.74 Å². The number of ether oxygens (including phenoxy) is 1. The predicted molar refractivity (Wildman–Crippen MR) is 120 cm³/mol. The van der Waals surface area contributed by atoms with E-state index in [1.165, 1.54) is 4.90 Å². The van der Waals surface area contributed by atoms with Crippen LogP contribution in [0.4, 0.5) is 9.18 Å². The molecule has 32 heavy (non-hydrogen) atoms. The van der Waals surface area contributed by atoms with Gasteiger partial charge in [-0.1, -0.05) is 24.0 Å². The van der Waals surface area contributed by atoms with Crippen LogP contribution in [0.2, 0.25) is 0 Å². The number of carbonyl (C=O) groups is 1. The molecule has 3 aliphatic rings. The predicted octanol–water partition coefficient (Wildman–Crippen LogP) is 2.16. The number of para-hydroxylation sites is 1. The maximum atomic E-state index is 15.0. The zero-order valence-corrected chi connectivity index (χ0v) is 19.5. The smallest absolute Gasteiger partial charge is 0.320 e. The Bertz CT molecular complexity index is 1060. The maximum absolute atomic E-state index is 15.0. The minimum absolute atomic E-state index is 0.0544. The summed E-state index contributed by atoms with van der Waals surface area (Å²) in [5.74, 6) is 7.09. The summed E-state index contributed by atoms with van der Waals surface area (Å²) in [6.07, 6.45) is 2.84. The van der Waals surface area contributed by atoms with E-state index in [1.54, 1.807) is 12.0 Å². The first-order valence-electron chi connectivity index (χ1n) is 11.0. The second kappa shape index (κ2) is 8.56. The third-order valence-electron chi connectivity index (χ3n) is 6.53. The maximum Gasteiger partial charge on any atom is 0.320 e. The topological polar surface area (TPSA) is 79.0 Å². The van der Waals surface area contributed by atoms with Crippen molar-refractivity contribution < 1.29 is 22.3 Å². The molecule has 0 radical (unpaired) electrons. The highest BCUT2D eigenvalue weighted by molar-refractivity contribution is 7.88. The van der Waals surface area contributed by atoms with Crippen molar-refractivity contribution in [2.75, 3.05) is 33.0 Å². The fraction of sp³-hybridized carbons (Fsp3) is 0.609. The first kappa shape index (κ1) is 22.9. The molecule has 2 heterocycles. The number of alkyl halides is 1. The van der Waals surface area contributed by atoms with Crippen LogP contribution in [0.5, 0.6) is 5.75 Å². The number of likely N-dealkylation sites (tertiary alicyclic amines) is 2. The SMILES string of the molecule is COc1c(C#CC2(C)CC2)cccc1CC1C(NS(C)(=O)=O)C(F)CN1C(=O)N1CCC1. The minimum Gasteiger partial charge on any atom is -0.495 e. The number of sulfonamides is 1. The van der Waals surface area contributed by atoms with Gasteiger partial charge in [0.15, 0.2) is 0 Å². The van der Waals surface area contributed by atoms with Crippen molar-refractivity contribution in [1.29, 1.82) is 0 Å². The largest absolute Gasteiger partial charge is 0.495 e. The molecule has 1 saturated carbocycles. The van der Waals surface area contributed by atoms with Crippen LogP contribution < -0.4 is 9.46 Å². The Balaban J connectivity index is 1.66. The summed E-state index contributed by atoms with van der Waals surface area (Å²) < 4.78 is 46.9. The number of nitrogens with zero attached hydrogens (tertiary/aromatic N) is 2. The Morgan fingerprint density at radius 1 is 1.34 bits per heavy atom. The van der Waals surface area contributed by atoms with Gasteiger partial charge in [0, 0.05) is 18.5 Å². The number of benzene rings is 1. The first-order chi connectivity index (χ1) is 15.1. The van der Waals surface area contributed by atoms with Crippen LogP contribution in [0.1, 0.15) is 37.3 Å². The summed E-state index contributed by atoms with van der Waals surface area (Å²) in [7, 11) is -2.10. The lowest BCUT2D eigenvalue weighted by Crippen LogP contribution is -2.54. The Labute approximate surface area is 189 Å². The van der Waals surface area contributed by atoms with E-state index >= 15 is 0 Å². The number of nitrogens with one attached hydrogen (secondary N) is 1. The van der Waals surface area contributed by atoms with Crippen molar-refractivity contribution in [2.24, 2.45) is 5.41 Å². The summed E-state index contributed by atoms with van der Waals surface area (Å²) >= 11 is 0. The standard InChI is InChI=1S/C23H30FN3O4S/c1-23(10-11-23)9-8-16-6-4-7-17(21(16)31-2)14-19-20(25-32(3,29)30)18(24)15-27(19)22(28)26-12-5-13-26/h4,6-7,18-20,25H,5,10-15H2,1-3H3. The molecule has 1 aliphatic carbocycles. The van der Waals surface area contributed by atoms with Crippen LogP contribution in [0.3, 0.4) is 0 Å². The molecule has 2 saturated heterocycles. The number of hydrogen-bond acceptors (Lipinski definition) is 4. The van der Waals surface area contributed by atoms with Gasteiger partial charge < -0.3 is 14.5 Å². The van der Waals surface area contributed by atoms with E-state index in [9.17, 15) is 17.6 Å². The van der Waals surface area contributed by atoms with Crippen molar-refractivity contribution in [3.05, 3.63) is 29.3 Å². The van der Waals surface area contributed by atoms with Gasteiger partial charge in [0.1, 0.15) is 11.9 Å². The van der Waals surface area contributed by atoms with Gasteiger partial charge in [-0.3, -0.25) is 0 Å². The summed E-state index contributed by atoms with van der Waals surface area (Å²) in [5.41, 5.74) is 1.56. The Kier molecular flexibility index (Phi) is 6.12. The Morgan fingerprint density at radius 3 is 2.62 bits per heavy atom. The monoisotopic (exact) mass is 463 g/mol. The number of urea groups is 1. The fourth-order valence-electron chi connectivity index (χ4n) is 4.26. The van der Waals surface area contributed by atoms with E-state index in [2.05, 4.69) is 23.5 Å². The van der Waals surface area contributed by atoms with E-state index in [-0.39, 0.29) is 24.4 Å². The third-order valence-corrected chi connectivity index (χ3v) is 7.23. The molecule has 0 aromatic heterocycles. The van der Waals surface area contributed by atoms with E-state index in [1.807, 2.05) is 18.2 Å². The zero-order chi connectivity index (χ0) is 23.1. The molecule has 7 nitrogen and oxygen atoms in total. The highest BCUT2D eigenvalue weighted by Gasteiger charge is 2.47. The van der Waals surface area contributed by atoms with Gasteiger partial charge in [-0.2, -0.15) is 0 Å². The van der Waals surface area contributed by atoms with Crippen LogP contribution in [-0.4, -0.2) is 75.5 Å². The van der Waals surface area contributed by atoms with Crippen molar-refractivity contribution in [3.8, 4) is 17.6 Å². The van der Waals surface area contributed by atoms with E-state index in [0.717, 1.165) is 36.6 Å².